The fraction of sp³-hybridized carbons (Fsp3) is 0.480. The van der Waals surface area contributed by atoms with Crippen molar-refractivity contribution < 1.29 is 9.53 Å². The summed E-state index contributed by atoms with van der Waals surface area (Å²) in [5.41, 5.74) is 5.42. The number of aryl methyl sites for hydroxylation is 2. The highest BCUT2D eigenvalue weighted by atomic mass is 16.5. The van der Waals surface area contributed by atoms with Gasteiger partial charge < -0.3 is 10.1 Å². The molecule has 158 valence electrons. The van der Waals surface area contributed by atoms with Crippen molar-refractivity contribution in [1.82, 2.24) is 15.3 Å². The summed E-state index contributed by atoms with van der Waals surface area (Å²) >= 11 is 0. The lowest BCUT2D eigenvalue weighted by atomic mass is 9.50. The fourth-order valence-electron chi connectivity index (χ4n) is 5.89. The second-order valence-electron chi connectivity index (χ2n) is 9.41. The zero-order valence-corrected chi connectivity index (χ0v) is 18.6. The van der Waals surface area contributed by atoms with Crippen LogP contribution < -0.4 is 10.1 Å². The minimum Gasteiger partial charge on any atom is -0.496 e. The van der Waals surface area contributed by atoms with Crippen molar-refractivity contribution in [3.63, 3.8) is 0 Å². The molecule has 0 fully saturated rings. The third-order valence-corrected chi connectivity index (χ3v) is 7.19. The number of carbonyl (C=O) groups excluding carboxylic acids is 1. The van der Waals surface area contributed by atoms with Crippen molar-refractivity contribution in [2.24, 2.45) is 5.92 Å². The SMILES string of the molecule is C=CCNC(=O)c1cc2c(cc1OC)[C@@]1(C)Cc3cnc(C)nc3C(C)(C)C1CC2. The van der Waals surface area contributed by atoms with Crippen LogP contribution in [0.1, 0.15) is 65.8 Å². The number of fused-ring (bicyclic) bond motifs is 4. The Morgan fingerprint density at radius 2 is 2.10 bits per heavy atom. The van der Waals surface area contributed by atoms with Crippen LogP contribution >= 0.6 is 0 Å². The van der Waals surface area contributed by atoms with Crippen LogP contribution in [0, 0.1) is 12.8 Å². The molecule has 5 nitrogen and oxygen atoms in total. The first-order valence-corrected chi connectivity index (χ1v) is 10.7. The third kappa shape index (κ3) is 3.03. The van der Waals surface area contributed by atoms with E-state index in [9.17, 15) is 4.79 Å². The number of aromatic nitrogens is 2. The third-order valence-electron chi connectivity index (χ3n) is 7.19. The zero-order chi connectivity index (χ0) is 21.7. The van der Waals surface area contributed by atoms with Gasteiger partial charge in [0.05, 0.1) is 18.4 Å². The molecule has 0 saturated heterocycles. The number of nitrogens with one attached hydrogen (secondary N) is 1. The number of ether oxygens (including phenoxy) is 1. The molecule has 2 aliphatic rings. The maximum absolute atomic E-state index is 12.7. The van der Waals surface area contributed by atoms with Crippen LogP contribution in [0.15, 0.2) is 31.0 Å². The fourth-order valence-corrected chi connectivity index (χ4v) is 5.89. The molecule has 1 N–H and O–H groups in total. The molecular formula is C25H31N3O2. The van der Waals surface area contributed by atoms with Crippen LogP contribution in [-0.4, -0.2) is 29.5 Å². The monoisotopic (exact) mass is 405 g/mol. The first kappa shape index (κ1) is 20.6. The van der Waals surface area contributed by atoms with Crippen molar-refractivity contribution in [3.8, 4) is 5.75 Å². The van der Waals surface area contributed by atoms with Crippen LogP contribution in [-0.2, 0) is 23.7 Å². The van der Waals surface area contributed by atoms with E-state index in [0.717, 1.165) is 25.1 Å². The van der Waals surface area contributed by atoms with Gasteiger partial charge in [-0.2, -0.15) is 0 Å². The highest BCUT2D eigenvalue weighted by Crippen LogP contribution is 2.56. The number of methoxy groups -OCH3 is 1. The van der Waals surface area contributed by atoms with Crippen molar-refractivity contribution in [1.29, 1.82) is 0 Å². The van der Waals surface area contributed by atoms with Gasteiger partial charge in [0, 0.05) is 23.6 Å². The van der Waals surface area contributed by atoms with Gasteiger partial charge in [-0.25, -0.2) is 9.97 Å². The summed E-state index contributed by atoms with van der Waals surface area (Å²) in [5, 5.41) is 2.87. The molecule has 0 saturated carbocycles. The van der Waals surface area contributed by atoms with Gasteiger partial charge >= 0.3 is 0 Å². The minimum absolute atomic E-state index is 0.0546. The highest BCUT2D eigenvalue weighted by molar-refractivity contribution is 5.97. The summed E-state index contributed by atoms with van der Waals surface area (Å²) in [5.74, 6) is 1.78. The second-order valence-corrected chi connectivity index (χ2v) is 9.41. The van der Waals surface area contributed by atoms with Gasteiger partial charge in [0.1, 0.15) is 11.6 Å². The molecule has 2 aliphatic carbocycles. The maximum Gasteiger partial charge on any atom is 0.255 e. The Morgan fingerprint density at radius 1 is 1.33 bits per heavy atom. The lowest BCUT2D eigenvalue weighted by Gasteiger charge is -2.54. The Balaban J connectivity index is 1.84. The lowest BCUT2D eigenvalue weighted by molar-refractivity contribution is 0.0953. The molecule has 4 rings (SSSR count). The number of hydrogen-bond donors (Lipinski definition) is 1. The van der Waals surface area contributed by atoms with Crippen molar-refractivity contribution >= 4 is 5.91 Å². The molecule has 0 aliphatic heterocycles. The number of carbonyl (C=O) groups is 1. The van der Waals surface area contributed by atoms with Gasteiger partial charge in [0.25, 0.3) is 5.91 Å². The summed E-state index contributed by atoms with van der Waals surface area (Å²) in [4.78, 5) is 22.0. The summed E-state index contributed by atoms with van der Waals surface area (Å²) in [6.07, 6.45) is 6.60. The largest absolute Gasteiger partial charge is 0.496 e. The van der Waals surface area contributed by atoms with E-state index in [4.69, 9.17) is 9.72 Å². The molecule has 2 atom stereocenters. The van der Waals surface area contributed by atoms with Crippen molar-refractivity contribution in [3.05, 3.63) is 64.8 Å². The second kappa shape index (κ2) is 7.22. The number of nitrogens with zero attached hydrogens (tertiary/aromatic N) is 2. The molecule has 30 heavy (non-hydrogen) atoms. The van der Waals surface area contributed by atoms with Crippen LogP contribution in [0.4, 0.5) is 0 Å². The van der Waals surface area contributed by atoms with Crippen LogP contribution in [0.2, 0.25) is 0 Å². The topological polar surface area (TPSA) is 64.1 Å². The average molecular weight is 406 g/mol. The highest BCUT2D eigenvalue weighted by Gasteiger charge is 2.53. The van der Waals surface area contributed by atoms with E-state index in [1.54, 1.807) is 13.2 Å². The van der Waals surface area contributed by atoms with Gasteiger partial charge in [-0.05, 0) is 60.9 Å². The van der Waals surface area contributed by atoms with Gasteiger partial charge in [0.2, 0.25) is 0 Å². The smallest absolute Gasteiger partial charge is 0.255 e. The molecule has 5 heteroatoms. The minimum atomic E-state index is -0.125. The zero-order valence-electron chi connectivity index (χ0n) is 18.6. The van der Waals surface area contributed by atoms with Crippen LogP contribution in [0.5, 0.6) is 5.75 Å². The first-order valence-electron chi connectivity index (χ1n) is 10.7. The predicted octanol–water partition coefficient (Wildman–Crippen LogP) is 4.06. The van der Waals surface area contributed by atoms with Gasteiger partial charge in [-0.1, -0.05) is 26.8 Å². The number of amides is 1. The number of hydrogen-bond acceptors (Lipinski definition) is 4. The summed E-state index contributed by atoms with van der Waals surface area (Å²) in [7, 11) is 1.63. The summed E-state index contributed by atoms with van der Waals surface area (Å²) < 4.78 is 5.66. The molecule has 1 aromatic heterocycles. The van der Waals surface area contributed by atoms with E-state index < -0.39 is 0 Å². The van der Waals surface area contributed by atoms with Gasteiger partial charge in [-0.3, -0.25) is 4.79 Å². The van der Waals surface area contributed by atoms with Crippen LogP contribution in [0.25, 0.3) is 0 Å². The Hall–Kier alpha value is -2.69. The normalized spacial score (nSPS) is 23.6. The lowest BCUT2D eigenvalue weighted by Crippen LogP contribution is -2.52. The number of rotatable bonds is 4. The van der Waals surface area contributed by atoms with E-state index in [1.165, 1.54) is 22.4 Å². The maximum atomic E-state index is 12.7. The summed E-state index contributed by atoms with van der Waals surface area (Å²) in [6, 6.07) is 4.13. The Bertz CT molecular complexity index is 1030. The molecule has 1 aromatic carbocycles. The average Bonchev–Trinajstić information content (AvgIpc) is 2.71. The Labute approximate surface area is 179 Å². The molecule has 0 bridgehead atoms. The molecule has 1 unspecified atom stereocenters. The van der Waals surface area contributed by atoms with Gasteiger partial charge in [0.15, 0.2) is 0 Å². The van der Waals surface area contributed by atoms with E-state index in [-0.39, 0.29) is 16.7 Å². The molecule has 1 heterocycles. The molecule has 0 spiro atoms. The molecule has 2 aromatic rings. The van der Waals surface area contributed by atoms with Crippen molar-refractivity contribution in [2.45, 2.75) is 57.8 Å². The first-order chi connectivity index (χ1) is 14.2. The van der Waals surface area contributed by atoms with Crippen molar-refractivity contribution in [2.75, 3.05) is 13.7 Å². The Morgan fingerprint density at radius 3 is 2.80 bits per heavy atom. The number of benzene rings is 1. The summed E-state index contributed by atoms with van der Waals surface area (Å²) in [6.45, 7) is 13.1. The standard InChI is InChI=1S/C25H31N3O2/c1-7-10-26-23(29)18-11-16-8-9-21-24(3,4)22-17(14-27-15(2)28-22)13-25(21,5)19(16)12-20(18)30-6/h7,11-12,14,21H,1,8-10,13H2,2-6H3,(H,26,29)/t21?,25-/m1/s1. The molecule has 1 amide bonds. The van der Waals surface area contributed by atoms with E-state index in [2.05, 4.69) is 43.7 Å². The van der Waals surface area contributed by atoms with E-state index in [1.807, 2.05) is 19.2 Å². The van der Waals surface area contributed by atoms with E-state index >= 15 is 0 Å². The predicted molar refractivity (Wildman–Crippen MR) is 118 cm³/mol. The quantitative estimate of drug-likeness (QED) is 0.779. The van der Waals surface area contributed by atoms with E-state index in [0.29, 0.717) is 23.8 Å². The Kier molecular flexibility index (Phi) is 4.95. The molecular weight excluding hydrogens is 374 g/mol. The van der Waals surface area contributed by atoms with Crippen LogP contribution in [0.3, 0.4) is 0 Å². The van der Waals surface area contributed by atoms with Gasteiger partial charge in [-0.15, -0.1) is 6.58 Å². The molecule has 0 radical (unpaired) electrons.